The number of benzene rings is 2. The molecule has 22 heavy (non-hydrogen) atoms. The maximum absolute atomic E-state index is 5.73. The largest absolute Gasteiger partial charge is 0.399 e. The van der Waals surface area contributed by atoms with Crippen LogP contribution in [0, 0.1) is 0 Å². The van der Waals surface area contributed by atoms with Crippen molar-refractivity contribution < 1.29 is 0 Å². The second kappa shape index (κ2) is 4.92. The third kappa shape index (κ3) is 2.07. The van der Waals surface area contributed by atoms with Crippen LogP contribution in [0.25, 0.3) is 22.1 Å². The molecule has 0 saturated heterocycles. The van der Waals surface area contributed by atoms with Gasteiger partial charge in [0, 0.05) is 36.2 Å². The molecule has 2 aromatic heterocycles. The number of nitrogens with one attached hydrogen (secondary N) is 1. The molecule has 6 nitrogen and oxygen atoms in total. The van der Waals surface area contributed by atoms with Crippen LogP contribution in [0.1, 0.15) is 0 Å². The number of nitrogen functional groups attached to an aromatic ring is 1. The Hall–Kier alpha value is -3.28. The summed E-state index contributed by atoms with van der Waals surface area (Å²) >= 11 is 0. The maximum Gasteiger partial charge on any atom is 0.114 e. The zero-order valence-electron chi connectivity index (χ0n) is 11.6. The average Bonchev–Trinajstić information content (AvgIpc) is 2.56. The van der Waals surface area contributed by atoms with E-state index in [2.05, 4.69) is 25.3 Å². The van der Waals surface area contributed by atoms with E-state index < -0.39 is 0 Å². The second-order valence-corrected chi connectivity index (χ2v) is 4.85. The summed E-state index contributed by atoms with van der Waals surface area (Å²) in [4.78, 5) is 17.6. The first-order valence-electron chi connectivity index (χ1n) is 6.78. The summed E-state index contributed by atoms with van der Waals surface area (Å²) in [7, 11) is 0. The van der Waals surface area contributed by atoms with Gasteiger partial charge in [0.1, 0.15) is 11.0 Å². The molecule has 2 aromatic carbocycles. The molecule has 6 heteroatoms. The second-order valence-electron chi connectivity index (χ2n) is 4.85. The van der Waals surface area contributed by atoms with Crippen molar-refractivity contribution in [2.75, 3.05) is 11.1 Å². The molecule has 0 bridgehead atoms. The normalized spacial score (nSPS) is 10.9. The summed E-state index contributed by atoms with van der Waals surface area (Å²) in [5.41, 5.74) is 11.2. The highest BCUT2D eigenvalue weighted by Gasteiger charge is 2.11. The van der Waals surface area contributed by atoms with Gasteiger partial charge in [-0.1, -0.05) is 0 Å². The van der Waals surface area contributed by atoms with Gasteiger partial charge in [-0.15, -0.1) is 0 Å². The number of fused-ring (bicyclic) bond motifs is 2. The highest BCUT2D eigenvalue weighted by atomic mass is 14.9. The fourth-order valence-corrected chi connectivity index (χ4v) is 2.36. The Morgan fingerprint density at radius 3 is 1.86 bits per heavy atom. The van der Waals surface area contributed by atoms with Crippen molar-refractivity contribution in [1.82, 2.24) is 19.9 Å². The fraction of sp³-hybridized carbons (Fsp3) is 0. The predicted octanol–water partition coefficient (Wildman–Crippen LogP) is 2.90. The molecule has 0 saturated carbocycles. The number of nitrogens with zero attached hydrogens (tertiary/aromatic N) is 4. The zero-order valence-corrected chi connectivity index (χ0v) is 11.6. The Kier molecular flexibility index (Phi) is 2.79. The third-order valence-corrected chi connectivity index (χ3v) is 3.38. The molecule has 4 aromatic rings. The van der Waals surface area contributed by atoms with Crippen LogP contribution >= 0.6 is 0 Å². The average molecular weight is 288 g/mol. The van der Waals surface area contributed by atoms with Crippen LogP contribution in [0.3, 0.4) is 0 Å². The Morgan fingerprint density at radius 2 is 1.27 bits per heavy atom. The van der Waals surface area contributed by atoms with Crippen molar-refractivity contribution in [3.05, 3.63) is 55.1 Å². The minimum absolute atomic E-state index is 0.716. The van der Waals surface area contributed by atoms with E-state index in [9.17, 15) is 0 Å². The van der Waals surface area contributed by atoms with Gasteiger partial charge < -0.3 is 11.1 Å². The molecule has 0 radical (unpaired) electrons. The lowest BCUT2D eigenvalue weighted by molar-refractivity contribution is 1.26. The van der Waals surface area contributed by atoms with Crippen molar-refractivity contribution in [3.8, 4) is 0 Å². The van der Waals surface area contributed by atoms with Crippen LogP contribution in [-0.4, -0.2) is 19.9 Å². The van der Waals surface area contributed by atoms with E-state index in [4.69, 9.17) is 5.73 Å². The zero-order chi connectivity index (χ0) is 14.9. The molecule has 4 rings (SSSR count). The molecule has 0 fully saturated rings. The fourth-order valence-electron chi connectivity index (χ4n) is 2.36. The van der Waals surface area contributed by atoms with Gasteiger partial charge in [0.05, 0.1) is 16.7 Å². The molecule has 0 amide bonds. The first kappa shape index (κ1) is 12.5. The summed E-state index contributed by atoms with van der Waals surface area (Å²) in [5, 5.41) is 3.36. The molecule has 0 aliphatic rings. The molecule has 0 unspecified atom stereocenters. The van der Waals surface area contributed by atoms with Gasteiger partial charge in [-0.2, -0.15) is 0 Å². The van der Waals surface area contributed by atoms with Crippen molar-refractivity contribution in [1.29, 1.82) is 0 Å². The highest BCUT2D eigenvalue weighted by molar-refractivity contribution is 6.06. The highest BCUT2D eigenvalue weighted by Crippen LogP contribution is 2.30. The number of nitrogens with two attached hydrogens (primary N) is 1. The molecule has 0 aliphatic heterocycles. The summed E-state index contributed by atoms with van der Waals surface area (Å²) in [6.45, 7) is 0. The molecule has 106 valence electrons. The minimum Gasteiger partial charge on any atom is -0.399 e. The summed E-state index contributed by atoms with van der Waals surface area (Å²) in [5.74, 6) is 0. The Balaban J connectivity index is 1.97. The molecule has 0 aliphatic carbocycles. The number of aromatic nitrogens is 4. The molecular formula is C16H12N6. The monoisotopic (exact) mass is 288 g/mol. The van der Waals surface area contributed by atoms with Crippen LogP contribution in [0.2, 0.25) is 0 Å². The van der Waals surface area contributed by atoms with Crippen molar-refractivity contribution in [2.45, 2.75) is 0 Å². The van der Waals surface area contributed by atoms with Gasteiger partial charge in [0.2, 0.25) is 0 Å². The van der Waals surface area contributed by atoms with E-state index >= 15 is 0 Å². The predicted molar refractivity (Wildman–Crippen MR) is 86.8 cm³/mol. The van der Waals surface area contributed by atoms with Crippen LogP contribution < -0.4 is 11.1 Å². The van der Waals surface area contributed by atoms with Gasteiger partial charge >= 0.3 is 0 Å². The topological polar surface area (TPSA) is 89.6 Å². The quantitative estimate of drug-likeness (QED) is 0.435. The summed E-state index contributed by atoms with van der Waals surface area (Å²) < 4.78 is 0. The summed E-state index contributed by atoms with van der Waals surface area (Å²) in [6.07, 6.45) is 6.66. The number of hydrogen-bond acceptors (Lipinski definition) is 6. The lowest BCUT2D eigenvalue weighted by Gasteiger charge is -2.11. The molecule has 0 atom stereocenters. The van der Waals surface area contributed by atoms with E-state index in [1.807, 2.05) is 30.3 Å². The third-order valence-electron chi connectivity index (χ3n) is 3.38. The van der Waals surface area contributed by atoms with Crippen LogP contribution in [0.4, 0.5) is 17.1 Å². The van der Waals surface area contributed by atoms with Gasteiger partial charge in [-0.3, -0.25) is 19.9 Å². The van der Waals surface area contributed by atoms with Crippen LogP contribution in [-0.2, 0) is 0 Å². The van der Waals surface area contributed by atoms with Gasteiger partial charge in [-0.05, 0) is 30.3 Å². The first-order chi connectivity index (χ1) is 10.8. The number of hydrogen-bond donors (Lipinski definition) is 2. The lowest BCUT2D eigenvalue weighted by Crippen LogP contribution is -1.98. The standard InChI is InChI=1S/C16H12N6/c17-10-1-3-11(4-2-10)22-16-14-12(18-5-7-20-14)9-13-15(16)21-8-6-19-13/h1-9,22H,17H2. The molecular weight excluding hydrogens is 276 g/mol. The van der Waals surface area contributed by atoms with E-state index in [0.717, 1.165) is 33.4 Å². The maximum atomic E-state index is 5.73. The minimum atomic E-state index is 0.716. The van der Waals surface area contributed by atoms with E-state index in [-0.39, 0.29) is 0 Å². The Morgan fingerprint density at radius 1 is 0.727 bits per heavy atom. The van der Waals surface area contributed by atoms with E-state index in [0.29, 0.717) is 5.69 Å². The smallest absolute Gasteiger partial charge is 0.114 e. The van der Waals surface area contributed by atoms with Crippen molar-refractivity contribution in [3.63, 3.8) is 0 Å². The summed E-state index contributed by atoms with van der Waals surface area (Å²) in [6, 6.07) is 9.39. The molecule has 2 heterocycles. The van der Waals surface area contributed by atoms with Gasteiger partial charge in [0.25, 0.3) is 0 Å². The van der Waals surface area contributed by atoms with Crippen molar-refractivity contribution in [2.24, 2.45) is 0 Å². The van der Waals surface area contributed by atoms with Gasteiger partial charge in [-0.25, -0.2) is 0 Å². The Bertz CT molecular complexity index is 911. The first-order valence-corrected chi connectivity index (χ1v) is 6.78. The number of rotatable bonds is 2. The van der Waals surface area contributed by atoms with E-state index in [1.54, 1.807) is 24.8 Å². The lowest BCUT2D eigenvalue weighted by atomic mass is 10.2. The SMILES string of the molecule is Nc1ccc(Nc2c3nccnc3cc3nccnc23)cc1. The van der Waals surface area contributed by atoms with E-state index in [1.165, 1.54) is 0 Å². The Labute approximate surface area is 126 Å². The van der Waals surface area contributed by atoms with Gasteiger partial charge in [0.15, 0.2) is 0 Å². The molecule has 0 spiro atoms. The molecule has 3 N–H and O–H groups in total. The number of anilines is 3. The van der Waals surface area contributed by atoms with Crippen molar-refractivity contribution >= 4 is 39.1 Å². The van der Waals surface area contributed by atoms with Crippen LogP contribution in [0.5, 0.6) is 0 Å². The van der Waals surface area contributed by atoms with Crippen LogP contribution in [0.15, 0.2) is 55.1 Å².